The molecule has 1 saturated carbocycles. The fraction of sp³-hybridized carbons (Fsp3) is 0.667. The Bertz CT molecular complexity index is 810. The Balaban J connectivity index is 1.13. The largest absolute Gasteiger partial charge is 0.381 e. The lowest BCUT2D eigenvalue weighted by molar-refractivity contribution is 0.0544. The first-order valence-electron chi connectivity index (χ1n) is 11.4. The molecule has 0 amide bonds. The third-order valence-corrected chi connectivity index (χ3v) is 7.43. The molecule has 2 aromatic heterocycles. The van der Waals surface area contributed by atoms with Crippen molar-refractivity contribution in [3.05, 3.63) is 35.9 Å². The molecule has 5 rings (SSSR count). The van der Waals surface area contributed by atoms with E-state index in [-0.39, 0.29) is 0 Å². The zero-order valence-electron chi connectivity index (χ0n) is 17.9. The number of nitrogens with zero attached hydrogens (tertiary/aromatic N) is 4. The Hall–Kier alpha value is -1.72. The number of pyridine rings is 1. The normalized spacial score (nSPS) is 28.1. The maximum atomic E-state index is 5.52. The average Bonchev–Trinajstić information content (AvgIpc) is 3.36. The summed E-state index contributed by atoms with van der Waals surface area (Å²) in [5.74, 6) is 3.51. The Labute approximate surface area is 174 Å². The molecule has 3 atom stereocenters. The van der Waals surface area contributed by atoms with Gasteiger partial charge in [-0.05, 0) is 68.8 Å². The number of ether oxygens (including phenoxy) is 1. The van der Waals surface area contributed by atoms with Gasteiger partial charge in [0.1, 0.15) is 0 Å². The van der Waals surface area contributed by atoms with E-state index in [0.717, 1.165) is 49.0 Å². The molecule has 2 saturated heterocycles. The van der Waals surface area contributed by atoms with E-state index in [0.29, 0.717) is 0 Å². The van der Waals surface area contributed by atoms with Crippen LogP contribution >= 0.6 is 0 Å². The molecule has 5 heteroatoms. The van der Waals surface area contributed by atoms with Crippen molar-refractivity contribution in [2.24, 2.45) is 30.7 Å². The second-order valence-electron chi connectivity index (χ2n) is 9.68. The maximum Gasteiger partial charge on any atom is 0.0672 e. The number of aromatic nitrogens is 3. The molecule has 0 aromatic carbocycles. The molecule has 156 valence electrons. The van der Waals surface area contributed by atoms with Gasteiger partial charge in [0.05, 0.1) is 5.69 Å². The van der Waals surface area contributed by atoms with Crippen molar-refractivity contribution in [3.8, 4) is 11.1 Å². The summed E-state index contributed by atoms with van der Waals surface area (Å²) in [5.41, 5.74) is 4.67. The van der Waals surface area contributed by atoms with Crippen LogP contribution < -0.4 is 0 Å². The van der Waals surface area contributed by atoms with Crippen LogP contribution in [0.15, 0.2) is 24.5 Å². The molecule has 0 N–H and O–H groups in total. The predicted octanol–water partition coefficient (Wildman–Crippen LogP) is 3.72. The Morgan fingerprint density at radius 2 is 1.83 bits per heavy atom. The molecular formula is C24H34N4O. The molecule has 0 spiro atoms. The number of likely N-dealkylation sites (tertiary alicyclic amines) is 1. The summed E-state index contributed by atoms with van der Waals surface area (Å²) in [6.45, 7) is 7.96. The van der Waals surface area contributed by atoms with Crippen molar-refractivity contribution in [1.29, 1.82) is 0 Å². The first kappa shape index (κ1) is 19.3. The summed E-state index contributed by atoms with van der Waals surface area (Å²) < 4.78 is 7.40. The fourth-order valence-corrected chi connectivity index (χ4v) is 6.02. The van der Waals surface area contributed by atoms with Gasteiger partial charge < -0.3 is 9.64 Å². The Morgan fingerprint density at radius 3 is 2.45 bits per heavy atom. The highest BCUT2D eigenvalue weighted by atomic mass is 16.5. The van der Waals surface area contributed by atoms with Crippen LogP contribution in [0.5, 0.6) is 0 Å². The van der Waals surface area contributed by atoms with Crippen molar-refractivity contribution < 1.29 is 4.74 Å². The number of aryl methyl sites for hydroxylation is 2. The smallest absolute Gasteiger partial charge is 0.0672 e. The highest BCUT2D eigenvalue weighted by molar-refractivity contribution is 5.64. The van der Waals surface area contributed by atoms with Crippen LogP contribution in [0.25, 0.3) is 11.1 Å². The second kappa shape index (κ2) is 8.19. The van der Waals surface area contributed by atoms with Crippen LogP contribution in [0.1, 0.15) is 37.1 Å². The van der Waals surface area contributed by atoms with Crippen LogP contribution in [-0.2, 0) is 18.2 Å². The maximum absolute atomic E-state index is 5.52. The summed E-state index contributed by atoms with van der Waals surface area (Å²) in [6.07, 6.45) is 10.5. The topological polar surface area (TPSA) is 43.2 Å². The van der Waals surface area contributed by atoms with E-state index in [1.807, 2.05) is 17.9 Å². The van der Waals surface area contributed by atoms with E-state index in [9.17, 15) is 0 Å². The molecule has 0 bridgehead atoms. The number of rotatable bonds is 5. The first-order valence-corrected chi connectivity index (χ1v) is 11.4. The minimum atomic E-state index is 0.814. The molecule has 29 heavy (non-hydrogen) atoms. The van der Waals surface area contributed by atoms with Gasteiger partial charge in [-0.25, -0.2) is 0 Å². The van der Waals surface area contributed by atoms with Gasteiger partial charge in [0, 0.05) is 69.1 Å². The monoisotopic (exact) mass is 394 g/mol. The molecule has 1 aliphatic carbocycles. The highest BCUT2D eigenvalue weighted by Crippen LogP contribution is 2.43. The van der Waals surface area contributed by atoms with Crippen molar-refractivity contribution >= 4 is 0 Å². The van der Waals surface area contributed by atoms with Crippen molar-refractivity contribution in [2.75, 3.05) is 32.8 Å². The average molecular weight is 395 g/mol. The summed E-state index contributed by atoms with van der Waals surface area (Å²) in [4.78, 5) is 7.55. The van der Waals surface area contributed by atoms with Gasteiger partial charge in [0.2, 0.25) is 0 Å². The van der Waals surface area contributed by atoms with Gasteiger partial charge in [0.25, 0.3) is 0 Å². The predicted molar refractivity (Wildman–Crippen MR) is 115 cm³/mol. The zero-order valence-corrected chi connectivity index (χ0v) is 17.9. The molecule has 3 aliphatic rings. The first-order chi connectivity index (χ1) is 14.1. The standard InChI is InChI=1S/C24H34N4O/c1-17-24(16-27(2)26-17)20-3-4-23(25-12-20)11-19-9-21-14-28(15-22(21)10-19)13-18-5-7-29-8-6-18/h3-4,12,16,18-19,21-22H,5-11,13-15H2,1-2H3/t19?,21-,22+. The fourth-order valence-electron chi connectivity index (χ4n) is 6.02. The molecular weight excluding hydrogens is 360 g/mol. The summed E-state index contributed by atoms with van der Waals surface area (Å²) in [6, 6.07) is 4.45. The second-order valence-corrected chi connectivity index (χ2v) is 9.68. The van der Waals surface area contributed by atoms with Crippen molar-refractivity contribution in [3.63, 3.8) is 0 Å². The SMILES string of the molecule is Cc1nn(C)cc1-c1ccc(CC2C[C@@H]3CN(CC4CCOCC4)C[C@@H]3C2)nc1. The van der Waals surface area contributed by atoms with E-state index < -0.39 is 0 Å². The van der Waals surface area contributed by atoms with Gasteiger partial charge in [-0.1, -0.05) is 6.07 Å². The van der Waals surface area contributed by atoms with Crippen LogP contribution in [0.4, 0.5) is 0 Å². The number of hydrogen-bond donors (Lipinski definition) is 0. The minimum Gasteiger partial charge on any atom is -0.381 e. The third-order valence-electron chi connectivity index (χ3n) is 7.43. The lowest BCUT2D eigenvalue weighted by Crippen LogP contribution is -2.31. The molecule has 2 aromatic rings. The Kier molecular flexibility index (Phi) is 5.44. The molecule has 1 unspecified atom stereocenters. The highest BCUT2D eigenvalue weighted by Gasteiger charge is 2.41. The van der Waals surface area contributed by atoms with Gasteiger partial charge >= 0.3 is 0 Å². The molecule has 2 aliphatic heterocycles. The number of hydrogen-bond acceptors (Lipinski definition) is 4. The minimum absolute atomic E-state index is 0.814. The summed E-state index contributed by atoms with van der Waals surface area (Å²) in [7, 11) is 1.97. The van der Waals surface area contributed by atoms with Crippen LogP contribution in [0, 0.1) is 30.6 Å². The van der Waals surface area contributed by atoms with Crippen LogP contribution in [-0.4, -0.2) is 52.5 Å². The van der Waals surface area contributed by atoms with Gasteiger partial charge in [0.15, 0.2) is 0 Å². The van der Waals surface area contributed by atoms with Crippen LogP contribution in [0.3, 0.4) is 0 Å². The lowest BCUT2D eigenvalue weighted by Gasteiger charge is -2.27. The number of fused-ring (bicyclic) bond motifs is 1. The van der Waals surface area contributed by atoms with E-state index in [2.05, 4.69) is 35.3 Å². The van der Waals surface area contributed by atoms with Gasteiger partial charge in [-0.2, -0.15) is 5.10 Å². The summed E-state index contributed by atoms with van der Waals surface area (Å²) >= 11 is 0. The molecule has 0 radical (unpaired) electrons. The van der Waals surface area contributed by atoms with Crippen LogP contribution in [0.2, 0.25) is 0 Å². The summed E-state index contributed by atoms with van der Waals surface area (Å²) in [5, 5.41) is 4.45. The quantitative estimate of drug-likeness (QED) is 0.775. The van der Waals surface area contributed by atoms with Crippen molar-refractivity contribution in [2.45, 2.75) is 39.0 Å². The van der Waals surface area contributed by atoms with E-state index >= 15 is 0 Å². The molecule has 3 fully saturated rings. The van der Waals surface area contributed by atoms with Gasteiger partial charge in [-0.3, -0.25) is 9.67 Å². The van der Waals surface area contributed by atoms with Crippen molar-refractivity contribution in [1.82, 2.24) is 19.7 Å². The van der Waals surface area contributed by atoms with E-state index in [1.54, 1.807) is 0 Å². The third kappa shape index (κ3) is 4.26. The zero-order chi connectivity index (χ0) is 19.8. The lowest BCUT2D eigenvalue weighted by atomic mass is 9.97. The van der Waals surface area contributed by atoms with E-state index in [4.69, 9.17) is 9.72 Å². The Morgan fingerprint density at radius 1 is 1.07 bits per heavy atom. The molecule has 5 nitrogen and oxygen atoms in total. The molecule has 4 heterocycles. The van der Waals surface area contributed by atoms with Gasteiger partial charge in [-0.15, -0.1) is 0 Å². The van der Waals surface area contributed by atoms with E-state index in [1.165, 1.54) is 62.1 Å².